The molecule has 124 valence electrons. The number of aliphatic hydroxyl groups excluding tert-OH is 1. The maximum atomic E-state index is 9.37. The average molecular weight is 315 g/mol. The first-order valence-corrected chi connectivity index (χ1v) is 8.00. The second-order valence-corrected chi connectivity index (χ2v) is 5.36. The van der Waals surface area contributed by atoms with Gasteiger partial charge in [0.25, 0.3) is 0 Å². The van der Waals surface area contributed by atoms with Crippen molar-refractivity contribution in [3.63, 3.8) is 0 Å². The predicted molar refractivity (Wildman–Crippen MR) is 93.1 cm³/mol. The second kappa shape index (κ2) is 9.06. The van der Waals surface area contributed by atoms with E-state index < -0.39 is 0 Å². The van der Waals surface area contributed by atoms with E-state index in [-0.39, 0.29) is 6.61 Å². The minimum Gasteiger partial charge on any atom is -0.493 e. The van der Waals surface area contributed by atoms with Gasteiger partial charge in [-0.1, -0.05) is 37.6 Å². The predicted octanol–water partition coefficient (Wildman–Crippen LogP) is 3.98. The molecule has 0 heterocycles. The SMILES string of the molecule is CCCCOc1cc(CNc2ccccc2CO)ccc1OC. The fraction of sp³-hybridized carbons (Fsp3) is 0.368. The molecule has 0 saturated carbocycles. The fourth-order valence-electron chi connectivity index (χ4n) is 2.30. The molecule has 0 atom stereocenters. The molecule has 0 aliphatic rings. The maximum absolute atomic E-state index is 9.37. The summed E-state index contributed by atoms with van der Waals surface area (Å²) in [6, 6.07) is 13.7. The molecule has 4 nitrogen and oxygen atoms in total. The molecule has 2 N–H and O–H groups in total. The Morgan fingerprint density at radius 1 is 1.09 bits per heavy atom. The zero-order chi connectivity index (χ0) is 16.5. The molecule has 0 unspecified atom stereocenters. The van der Waals surface area contributed by atoms with Crippen molar-refractivity contribution in [1.82, 2.24) is 0 Å². The molecule has 0 aromatic heterocycles. The number of nitrogens with one attached hydrogen (secondary N) is 1. The number of anilines is 1. The molecule has 4 heteroatoms. The van der Waals surface area contributed by atoms with Crippen molar-refractivity contribution in [1.29, 1.82) is 0 Å². The van der Waals surface area contributed by atoms with E-state index in [0.717, 1.165) is 41.2 Å². The van der Waals surface area contributed by atoms with Crippen LogP contribution in [0, 0.1) is 0 Å². The van der Waals surface area contributed by atoms with Crippen LogP contribution in [0.1, 0.15) is 30.9 Å². The lowest BCUT2D eigenvalue weighted by molar-refractivity contribution is 0.282. The highest BCUT2D eigenvalue weighted by Gasteiger charge is 2.07. The van der Waals surface area contributed by atoms with Crippen LogP contribution in [-0.2, 0) is 13.2 Å². The normalized spacial score (nSPS) is 10.4. The van der Waals surface area contributed by atoms with Crippen molar-refractivity contribution < 1.29 is 14.6 Å². The van der Waals surface area contributed by atoms with Crippen LogP contribution in [0.15, 0.2) is 42.5 Å². The summed E-state index contributed by atoms with van der Waals surface area (Å²) < 4.78 is 11.2. The topological polar surface area (TPSA) is 50.7 Å². The van der Waals surface area contributed by atoms with E-state index >= 15 is 0 Å². The van der Waals surface area contributed by atoms with Crippen molar-refractivity contribution >= 4 is 5.69 Å². The Morgan fingerprint density at radius 2 is 1.91 bits per heavy atom. The van der Waals surface area contributed by atoms with Crippen LogP contribution in [0.2, 0.25) is 0 Å². The minimum absolute atomic E-state index is 0.0250. The lowest BCUT2D eigenvalue weighted by atomic mass is 10.1. The monoisotopic (exact) mass is 315 g/mol. The number of benzene rings is 2. The number of rotatable bonds is 9. The largest absolute Gasteiger partial charge is 0.493 e. The molecule has 0 saturated heterocycles. The van der Waals surface area contributed by atoms with Gasteiger partial charge in [-0.15, -0.1) is 0 Å². The van der Waals surface area contributed by atoms with E-state index in [9.17, 15) is 5.11 Å². The van der Waals surface area contributed by atoms with Crippen molar-refractivity contribution in [2.45, 2.75) is 32.9 Å². The third-order valence-electron chi connectivity index (χ3n) is 3.65. The van der Waals surface area contributed by atoms with Crippen LogP contribution in [-0.4, -0.2) is 18.8 Å². The molecular weight excluding hydrogens is 290 g/mol. The summed E-state index contributed by atoms with van der Waals surface area (Å²) in [5, 5.41) is 12.7. The quantitative estimate of drug-likeness (QED) is 0.687. The van der Waals surface area contributed by atoms with Gasteiger partial charge in [0.15, 0.2) is 11.5 Å². The summed E-state index contributed by atoms with van der Waals surface area (Å²) in [4.78, 5) is 0. The first-order chi connectivity index (χ1) is 11.3. The standard InChI is InChI=1S/C19H25NO3/c1-3-4-11-23-19-12-15(9-10-18(19)22-2)13-20-17-8-6-5-7-16(17)14-21/h5-10,12,20-21H,3-4,11,13-14H2,1-2H3. The maximum Gasteiger partial charge on any atom is 0.161 e. The van der Waals surface area contributed by atoms with Crippen molar-refractivity contribution in [3.05, 3.63) is 53.6 Å². The van der Waals surface area contributed by atoms with Gasteiger partial charge in [0, 0.05) is 17.8 Å². The van der Waals surface area contributed by atoms with Crippen LogP contribution >= 0.6 is 0 Å². The summed E-state index contributed by atoms with van der Waals surface area (Å²) >= 11 is 0. The molecule has 0 amide bonds. The van der Waals surface area contributed by atoms with Crippen molar-refractivity contribution in [2.75, 3.05) is 19.0 Å². The lowest BCUT2D eigenvalue weighted by Gasteiger charge is -2.14. The first kappa shape index (κ1) is 17.2. The molecule has 2 aromatic rings. The minimum atomic E-state index is 0.0250. The van der Waals surface area contributed by atoms with Crippen molar-refractivity contribution in [2.24, 2.45) is 0 Å². The van der Waals surface area contributed by atoms with Gasteiger partial charge in [-0.3, -0.25) is 0 Å². The highest BCUT2D eigenvalue weighted by Crippen LogP contribution is 2.28. The molecule has 0 radical (unpaired) electrons. The number of unbranched alkanes of at least 4 members (excludes halogenated alkanes) is 1. The Morgan fingerprint density at radius 3 is 2.65 bits per heavy atom. The number of hydrogen-bond donors (Lipinski definition) is 2. The van der Waals surface area contributed by atoms with Gasteiger partial charge in [0.05, 0.1) is 20.3 Å². The fourth-order valence-corrected chi connectivity index (χ4v) is 2.30. The van der Waals surface area contributed by atoms with Crippen LogP contribution in [0.3, 0.4) is 0 Å². The Hall–Kier alpha value is -2.20. The summed E-state index contributed by atoms with van der Waals surface area (Å²) in [7, 11) is 1.65. The zero-order valence-corrected chi connectivity index (χ0v) is 13.8. The first-order valence-electron chi connectivity index (χ1n) is 8.00. The Kier molecular flexibility index (Phi) is 6.76. The van der Waals surface area contributed by atoms with Gasteiger partial charge >= 0.3 is 0 Å². The lowest BCUT2D eigenvalue weighted by Crippen LogP contribution is -2.04. The molecule has 0 spiro atoms. The van der Waals surface area contributed by atoms with E-state index in [2.05, 4.69) is 12.2 Å². The molecular formula is C19H25NO3. The molecule has 2 aromatic carbocycles. The number of aliphatic hydroxyl groups is 1. The Labute approximate surface area is 138 Å². The molecule has 2 rings (SSSR count). The second-order valence-electron chi connectivity index (χ2n) is 5.36. The summed E-state index contributed by atoms with van der Waals surface area (Å²) in [6.07, 6.45) is 2.12. The molecule has 23 heavy (non-hydrogen) atoms. The highest BCUT2D eigenvalue weighted by molar-refractivity contribution is 5.52. The number of hydrogen-bond acceptors (Lipinski definition) is 4. The molecule has 0 fully saturated rings. The summed E-state index contributed by atoms with van der Waals surface area (Å²) in [5.74, 6) is 1.52. The van der Waals surface area contributed by atoms with Gasteiger partial charge in [-0.2, -0.15) is 0 Å². The van der Waals surface area contributed by atoms with Crippen LogP contribution in [0.4, 0.5) is 5.69 Å². The third kappa shape index (κ3) is 4.89. The van der Waals surface area contributed by atoms with Gasteiger partial charge < -0.3 is 19.9 Å². The third-order valence-corrected chi connectivity index (χ3v) is 3.65. The summed E-state index contributed by atoms with van der Waals surface area (Å²) in [6.45, 7) is 3.51. The number of para-hydroxylation sites is 1. The van der Waals surface area contributed by atoms with E-state index in [1.807, 2.05) is 42.5 Å². The van der Waals surface area contributed by atoms with Gasteiger partial charge in [0.2, 0.25) is 0 Å². The Balaban J connectivity index is 2.06. The number of methoxy groups -OCH3 is 1. The van der Waals surface area contributed by atoms with Crippen molar-refractivity contribution in [3.8, 4) is 11.5 Å². The van der Waals surface area contributed by atoms with Gasteiger partial charge in [0.1, 0.15) is 0 Å². The van der Waals surface area contributed by atoms with Gasteiger partial charge in [-0.25, -0.2) is 0 Å². The van der Waals surface area contributed by atoms with Gasteiger partial charge in [-0.05, 0) is 30.2 Å². The smallest absolute Gasteiger partial charge is 0.161 e. The van der Waals surface area contributed by atoms with Crippen LogP contribution in [0.5, 0.6) is 11.5 Å². The van der Waals surface area contributed by atoms with Crippen LogP contribution < -0.4 is 14.8 Å². The molecule has 0 bridgehead atoms. The van der Waals surface area contributed by atoms with E-state index in [0.29, 0.717) is 13.2 Å². The van der Waals surface area contributed by atoms with E-state index in [1.54, 1.807) is 7.11 Å². The Bertz CT molecular complexity index is 613. The van der Waals surface area contributed by atoms with Crippen LogP contribution in [0.25, 0.3) is 0 Å². The molecule has 0 aliphatic carbocycles. The van der Waals surface area contributed by atoms with E-state index in [1.165, 1.54) is 0 Å². The number of ether oxygens (including phenoxy) is 2. The molecule has 0 aliphatic heterocycles. The zero-order valence-electron chi connectivity index (χ0n) is 13.8. The van der Waals surface area contributed by atoms with E-state index in [4.69, 9.17) is 9.47 Å². The average Bonchev–Trinajstić information content (AvgIpc) is 2.60. The highest BCUT2D eigenvalue weighted by atomic mass is 16.5. The summed E-state index contributed by atoms with van der Waals surface area (Å²) in [5.41, 5.74) is 2.93.